The zero-order valence-corrected chi connectivity index (χ0v) is 15.3. The Morgan fingerprint density at radius 2 is 1.78 bits per heavy atom. The Kier molecular flexibility index (Phi) is 7.82. The number of carbonyl (C=O) groups excluding carboxylic acids is 2. The van der Waals surface area contributed by atoms with Crippen molar-refractivity contribution in [1.82, 2.24) is 9.80 Å². The molecule has 0 saturated carbocycles. The van der Waals surface area contributed by atoms with E-state index in [-0.39, 0.29) is 12.1 Å². The summed E-state index contributed by atoms with van der Waals surface area (Å²) in [6.45, 7) is 13.3. The molecule has 1 amide bonds. The lowest BCUT2D eigenvalue weighted by Crippen LogP contribution is -2.43. The monoisotopic (exact) mass is 328 g/mol. The highest BCUT2D eigenvalue weighted by Gasteiger charge is 2.26. The van der Waals surface area contributed by atoms with Gasteiger partial charge in [0.15, 0.2) is 0 Å². The molecule has 1 heterocycles. The number of esters is 1. The first-order valence-electron chi connectivity index (χ1n) is 8.61. The summed E-state index contributed by atoms with van der Waals surface area (Å²) in [7, 11) is 0. The molecule has 1 aliphatic rings. The average molecular weight is 328 g/mol. The highest BCUT2D eigenvalue weighted by molar-refractivity contribution is 5.71. The van der Waals surface area contributed by atoms with Crippen LogP contribution in [0.1, 0.15) is 47.5 Å². The molecule has 0 aromatic carbocycles. The van der Waals surface area contributed by atoms with Gasteiger partial charge in [-0.15, -0.1) is 0 Å². The number of nitrogens with zero attached hydrogens (tertiary/aromatic N) is 2. The van der Waals surface area contributed by atoms with Crippen LogP contribution in [-0.4, -0.2) is 66.8 Å². The van der Waals surface area contributed by atoms with Crippen LogP contribution in [0.15, 0.2) is 0 Å². The molecule has 0 unspecified atom stereocenters. The van der Waals surface area contributed by atoms with E-state index in [1.54, 1.807) is 4.90 Å². The highest BCUT2D eigenvalue weighted by Crippen LogP contribution is 2.19. The SMILES string of the molecule is CCOC(=O)CN1CCC(CN(CC)C(=O)OC(C)(C)C)CC1. The van der Waals surface area contributed by atoms with E-state index < -0.39 is 5.60 Å². The molecule has 1 rings (SSSR count). The van der Waals surface area contributed by atoms with Crippen molar-refractivity contribution in [2.24, 2.45) is 5.92 Å². The summed E-state index contributed by atoms with van der Waals surface area (Å²) in [6, 6.07) is 0. The van der Waals surface area contributed by atoms with E-state index in [2.05, 4.69) is 4.90 Å². The van der Waals surface area contributed by atoms with E-state index in [4.69, 9.17) is 9.47 Å². The maximum Gasteiger partial charge on any atom is 0.410 e. The lowest BCUT2D eigenvalue weighted by atomic mass is 9.96. The van der Waals surface area contributed by atoms with Crippen LogP contribution in [0, 0.1) is 5.92 Å². The number of hydrogen-bond donors (Lipinski definition) is 0. The Labute approximate surface area is 140 Å². The van der Waals surface area contributed by atoms with Gasteiger partial charge in [0.25, 0.3) is 0 Å². The van der Waals surface area contributed by atoms with Crippen LogP contribution in [0.2, 0.25) is 0 Å². The second kappa shape index (κ2) is 9.11. The molecular formula is C17H32N2O4. The summed E-state index contributed by atoms with van der Waals surface area (Å²) in [5.41, 5.74) is -0.465. The maximum absolute atomic E-state index is 12.2. The lowest BCUT2D eigenvalue weighted by molar-refractivity contribution is -0.144. The number of hydrogen-bond acceptors (Lipinski definition) is 5. The van der Waals surface area contributed by atoms with Crippen LogP contribution >= 0.6 is 0 Å². The molecule has 0 aliphatic carbocycles. The van der Waals surface area contributed by atoms with Gasteiger partial charge in [-0.25, -0.2) is 4.79 Å². The molecule has 0 aromatic rings. The Hall–Kier alpha value is -1.30. The van der Waals surface area contributed by atoms with Gasteiger partial charge >= 0.3 is 12.1 Å². The molecule has 134 valence electrons. The fourth-order valence-corrected chi connectivity index (χ4v) is 2.69. The summed E-state index contributed by atoms with van der Waals surface area (Å²) in [5, 5.41) is 0. The standard InChI is InChI=1S/C17H32N2O4/c1-6-19(16(21)23-17(3,4)5)12-14-8-10-18(11-9-14)13-15(20)22-7-2/h14H,6-13H2,1-5H3. The van der Waals surface area contributed by atoms with Crippen molar-refractivity contribution in [2.75, 3.05) is 39.3 Å². The van der Waals surface area contributed by atoms with Crippen LogP contribution in [0.5, 0.6) is 0 Å². The predicted octanol–water partition coefficient (Wildman–Crippen LogP) is 2.52. The number of amides is 1. The quantitative estimate of drug-likeness (QED) is 0.701. The van der Waals surface area contributed by atoms with Gasteiger partial charge < -0.3 is 14.4 Å². The number of rotatable bonds is 6. The molecular weight excluding hydrogens is 296 g/mol. The molecule has 0 radical (unpaired) electrons. The summed E-state index contributed by atoms with van der Waals surface area (Å²) >= 11 is 0. The highest BCUT2D eigenvalue weighted by atomic mass is 16.6. The largest absolute Gasteiger partial charge is 0.465 e. The third-order valence-electron chi connectivity index (χ3n) is 3.88. The van der Waals surface area contributed by atoms with Crippen molar-refractivity contribution in [3.8, 4) is 0 Å². The fourth-order valence-electron chi connectivity index (χ4n) is 2.69. The van der Waals surface area contributed by atoms with Crippen LogP contribution < -0.4 is 0 Å². The summed E-state index contributed by atoms with van der Waals surface area (Å²) in [6.07, 6.45) is 1.73. The molecule has 6 nitrogen and oxygen atoms in total. The molecule has 23 heavy (non-hydrogen) atoms. The Morgan fingerprint density at radius 1 is 1.17 bits per heavy atom. The lowest BCUT2D eigenvalue weighted by Gasteiger charge is -2.34. The molecule has 6 heteroatoms. The third kappa shape index (κ3) is 7.68. The first kappa shape index (κ1) is 19.7. The van der Waals surface area contributed by atoms with Crippen molar-refractivity contribution in [3.63, 3.8) is 0 Å². The first-order valence-corrected chi connectivity index (χ1v) is 8.61. The number of ether oxygens (including phenoxy) is 2. The molecule has 0 N–H and O–H groups in total. The van der Waals surface area contributed by atoms with Crippen molar-refractivity contribution in [3.05, 3.63) is 0 Å². The third-order valence-corrected chi connectivity index (χ3v) is 3.88. The fraction of sp³-hybridized carbons (Fsp3) is 0.882. The van der Waals surface area contributed by atoms with Gasteiger partial charge in [0.2, 0.25) is 0 Å². The van der Waals surface area contributed by atoms with E-state index in [1.807, 2.05) is 34.6 Å². The molecule has 0 atom stereocenters. The first-order chi connectivity index (χ1) is 10.7. The molecule has 0 spiro atoms. The molecule has 1 aliphatic heterocycles. The van der Waals surface area contributed by atoms with Gasteiger partial charge in [0.1, 0.15) is 5.60 Å². The Morgan fingerprint density at radius 3 is 2.26 bits per heavy atom. The Balaban J connectivity index is 2.38. The van der Waals surface area contributed by atoms with Crippen LogP contribution in [0.4, 0.5) is 4.79 Å². The van der Waals surface area contributed by atoms with Gasteiger partial charge in [-0.05, 0) is 66.5 Å². The van der Waals surface area contributed by atoms with E-state index in [1.165, 1.54) is 0 Å². The minimum atomic E-state index is -0.465. The number of carbonyl (C=O) groups is 2. The van der Waals surface area contributed by atoms with E-state index in [0.717, 1.165) is 32.5 Å². The van der Waals surface area contributed by atoms with Crippen LogP contribution in [0.25, 0.3) is 0 Å². The summed E-state index contributed by atoms with van der Waals surface area (Å²) in [4.78, 5) is 27.6. The van der Waals surface area contributed by atoms with Gasteiger partial charge in [0, 0.05) is 13.1 Å². The van der Waals surface area contributed by atoms with Gasteiger partial charge in [0.05, 0.1) is 13.2 Å². The Bertz CT molecular complexity index is 385. The van der Waals surface area contributed by atoms with Gasteiger partial charge in [-0.1, -0.05) is 0 Å². The van der Waals surface area contributed by atoms with Crippen LogP contribution in [0.3, 0.4) is 0 Å². The van der Waals surface area contributed by atoms with Crippen molar-refractivity contribution >= 4 is 12.1 Å². The van der Waals surface area contributed by atoms with Gasteiger partial charge in [-0.2, -0.15) is 0 Å². The number of likely N-dealkylation sites (tertiary alicyclic amines) is 1. The molecule has 1 saturated heterocycles. The van der Waals surface area contributed by atoms with Crippen molar-refractivity contribution in [2.45, 2.75) is 53.1 Å². The van der Waals surface area contributed by atoms with E-state index in [0.29, 0.717) is 25.6 Å². The van der Waals surface area contributed by atoms with Crippen molar-refractivity contribution in [1.29, 1.82) is 0 Å². The number of piperidine rings is 1. The molecule has 0 bridgehead atoms. The second-order valence-electron chi connectivity index (χ2n) is 7.04. The minimum absolute atomic E-state index is 0.158. The summed E-state index contributed by atoms with van der Waals surface area (Å²) in [5.74, 6) is 0.302. The predicted molar refractivity (Wildman–Crippen MR) is 89.3 cm³/mol. The molecule has 1 fully saturated rings. The maximum atomic E-state index is 12.2. The zero-order chi connectivity index (χ0) is 17.5. The van der Waals surface area contributed by atoms with Crippen molar-refractivity contribution < 1.29 is 19.1 Å². The topological polar surface area (TPSA) is 59.1 Å². The van der Waals surface area contributed by atoms with E-state index >= 15 is 0 Å². The average Bonchev–Trinajstić information content (AvgIpc) is 2.44. The minimum Gasteiger partial charge on any atom is -0.465 e. The zero-order valence-electron chi connectivity index (χ0n) is 15.3. The van der Waals surface area contributed by atoms with Gasteiger partial charge in [-0.3, -0.25) is 9.69 Å². The smallest absolute Gasteiger partial charge is 0.410 e. The van der Waals surface area contributed by atoms with E-state index in [9.17, 15) is 9.59 Å². The normalized spacial score (nSPS) is 16.9. The molecule has 0 aromatic heterocycles. The summed E-state index contributed by atoms with van der Waals surface area (Å²) < 4.78 is 10.4. The van der Waals surface area contributed by atoms with Crippen LogP contribution in [-0.2, 0) is 14.3 Å². The second-order valence-corrected chi connectivity index (χ2v) is 7.04.